The maximum absolute atomic E-state index is 12.6. The number of carbonyl (C=O) groups excluding carboxylic acids is 2. The number of hydrazone groups is 1. The zero-order chi connectivity index (χ0) is 25.5. The number of amides is 2. The Morgan fingerprint density at radius 1 is 1.11 bits per heavy atom. The van der Waals surface area contributed by atoms with Crippen molar-refractivity contribution in [3.63, 3.8) is 0 Å². The lowest BCUT2D eigenvalue weighted by Crippen LogP contribution is -2.30. The lowest BCUT2D eigenvalue weighted by Gasteiger charge is -2.16. The first kappa shape index (κ1) is 25.7. The van der Waals surface area contributed by atoms with Gasteiger partial charge < -0.3 is 14.4 Å². The zero-order valence-corrected chi connectivity index (χ0v) is 22.0. The van der Waals surface area contributed by atoms with Crippen molar-refractivity contribution in [2.45, 2.75) is 20.0 Å². The number of rotatable bonds is 9. The van der Waals surface area contributed by atoms with Gasteiger partial charge >= 0.3 is 0 Å². The van der Waals surface area contributed by atoms with E-state index >= 15 is 0 Å². The molecule has 9 heteroatoms. The average Bonchev–Trinajstić information content (AvgIpc) is 3.27. The summed E-state index contributed by atoms with van der Waals surface area (Å²) < 4.78 is 12.6. The molecule has 1 heterocycles. The van der Waals surface area contributed by atoms with Gasteiger partial charge in [-0.3, -0.25) is 9.59 Å². The minimum absolute atomic E-state index is 0.0861. The molecule has 4 rings (SSSR count). The van der Waals surface area contributed by atoms with Crippen LogP contribution in [0.4, 0.5) is 5.69 Å². The molecule has 0 aliphatic carbocycles. The van der Waals surface area contributed by atoms with Crippen molar-refractivity contribution in [2.75, 3.05) is 18.1 Å². The van der Waals surface area contributed by atoms with E-state index in [1.54, 1.807) is 17.0 Å². The Hall–Kier alpha value is -3.36. The van der Waals surface area contributed by atoms with Gasteiger partial charge in [0.05, 0.1) is 18.7 Å². The van der Waals surface area contributed by atoms with E-state index in [-0.39, 0.29) is 18.2 Å². The van der Waals surface area contributed by atoms with Crippen LogP contribution >= 0.6 is 27.5 Å². The standard InChI is InChI=1S/C27H25BrClN3O4/c1-2-35-25-13-19(5-12-24(25)36-17-18-3-8-22(29)9-4-18)15-30-31-27(34)20-14-26(33)32(16-20)23-10-6-21(28)7-11-23/h3-13,15,20H,2,14,16-17H2,1H3,(H,31,34)/b30-15-/t20-/m0/s1. The number of halogens is 2. The SMILES string of the molecule is CCOc1cc(/C=N\NC(=O)[C@H]2CC(=O)N(c3ccc(Br)cc3)C2)ccc1OCc1ccc(Cl)cc1. The number of nitrogens with one attached hydrogen (secondary N) is 1. The van der Waals surface area contributed by atoms with Gasteiger partial charge in [0.2, 0.25) is 11.8 Å². The van der Waals surface area contributed by atoms with Crippen molar-refractivity contribution < 1.29 is 19.1 Å². The topological polar surface area (TPSA) is 80.2 Å². The largest absolute Gasteiger partial charge is 0.490 e. The lowest BCUT2D eigenvalue weighted by atomic mass is 10.1. The molecule has 7 nitrogen and oxygen atoms in total. The van der Waals surface area contributed by atoms with Gasteiger partial charge in [0.25, 0.3) is 0 Å². The normalized spacial score (nSPS) is 15.4. The molecule has 186 valence electrons. The van der Waals surface area contributed by atoms with Gasteiger partial charge in [0, 0.05) is 28.1 Å². The summed E-state index contributed by atoms with van der Waals surface area (Å²) in [6.07, 6.45) is 1.68. The van der Waals surface area contributed by atoms with Crippen molar-refractivity contribution in [3.05, 3.63) is 87.4 Å². The monoisotopic (exact) mass is 569 g/mol. The lowest BCUT2D eigenvalue weighted by molar-refractivity contribution is -0.126. The van der Waals surface area contributed by atoms with E-state index in [2.05, 4.69) is 26.5 Å². The van der Waals surface area contributed by atoms with Gasteiger partial charge in [-0.05, 0) is 72.6 Å². The summed E-state index contributed by atoms with van der Waals surface area (Å²) in [6.45, 7) is 3.05. The van der Waals surface area contributed by atoms with Gasteiger partial charge in [0.1, 0.15) is 6.61 Å². The van der Waals surface area contributed by atoms with Crippen LogP contribution in [0.25, 0.3) is 0 Å². The van der Waals surface area contributed by atoms with Crippen molar-refractivity contribution in [1.82, 2.24) is 5.43 Å². The van der Waals surface area contributed by atoms with Gasteiger partial charge in [0.15, 0.2) is 11.5 Å². The maximum atomic E-state index is 12.6. The van der Waals surface area contributed by atoms with Crippen LogP contribution in [0.2, 0.25) is 5.02 Å². The third kappa shape index (κ3) is 6.65. The fourth-order valence-electron chi connectivity index (χ4n) is 3.75. The van der Waals surface area contributed by atoms with Crippen molar-refractivity contribution in [3.8, 4) is 11.5 Å². The summed E-state index contributed by atoms with van der Waals surface area (Å²) in [4.78, 5) is 26.7. The van der Waals surface area contributed by atoms with Gasteiger partial charge in [-0.1, -0.05) is 39.7 Å². The second-order valence-electron chi connectivity index (χ2n) is 8.17. The molecule has 2 amide bonds. The van der Waals surface area contributed by atoms with E-state index in [0.717, 1.165) is 21.3 Å². The van der Waals surface area contributed by atoms with E-state index in [9.17, 15) is 9.59 Å². The van der Waals surface area contributed by atoms with Gasteiger partial charge in [-0.2, -0.15) is 5.10 Å². The van der Waals surface area contributed by atoms with Crippen LogP contribution in [-0.4, -0.2) is 31.2 Å². The molecule has 0 aromatic heterocycles. The summed E-state index contributed by atoms with van der Waals surface area (Å²) >= 11 is 9.32. The number of carbonyl (C=O) groups is 2. The van der Waals surface area contributed by atoms with E-state index in [1.807, 2.05) is 61.5 Å². The summed E-state index contributed by atoms with van der Waals surface area (Å²) in [6, 6.07) is 20.3. The number of hydrogen-bond donors (Lipinski definition) is 1. The molecule has 0 radical (unpaired) electrons. The second-order valence-corrected chi connectivity index (χ2v) is 9.52. The van der Waals surface area contributed by atoms with Crippen molar-refractivity contribution in [1.29, 1.82) is 0 Å². The molecule has 1 atom stereocenters. The molecule has 1 N–H and O–H groups in total. The number of benzene rings is 3. The molecule has 3 aromatic carbocycles. The molecule has 1 saturated heterocycles. The second kappa shape index (κ2) is 12.1. The zero-order valence-electron chi connectivity index (χ0n) is 19.6. The molecule has 3 aromatic rings. The fraction of sp³-hybridized carbons (Fsp3) is 0.222. The molecule has 1 aliphatic heterocycles. The minimum atomic E-state index is -0.471. The summed E-state index contributed by atoms with van der Waals surface area (Å²) in [5.74, 6) is 0.323. The molecular weight excluding hydrogens is 546 g/mol. The van der Waals surface area contributed by atoms with Crippen LogP contribution in [0.1, 0.15) is 24.5 Å². The minimum Gasteiger partial charge on any atom is -0.490 e. The Labute approximate surface area is 223 Å². The first-order chi connectivity index (χ1) is 17.4. The number of hydrogen-bond acceptors (Lipinski definition) is 5. The summed E-state index contributed by atoms with van der Waals surface area (Å²) in [5.41, 5.74) is 5.04. The van der Waals surface area contributed by atoms with Crippen LogP contribution < -0.4 is 19.8 Å². The fourth-order valence-corrected chi connectivity index (χ4v) is 4.14. The summed E-state index contributed by atoms with van der Waals surface area (Å²) in [5, 5.41) is 4.76. The predicted octanol–water partition coefficient (Wildman–Crippen LogP) is 5.58. The first-order valence-electron chi connectivity index (χ1n) is 11.5. The van der Waals surface area contributed by atoms with Crippen molar-refractivity contribution in [2.24, 2.45) is 11.0 Å². The molecule has 36 heavy (non-hydrogen) atoms. The van der Waals surface area contributed by atoms with Crippen LogP contribution in [0, 0.1) is 5.92 Å². The molecule has 1 aliphatic rings. The van der Waals surface area contributed by atoms with E-state index in [4.69, 9.17) is 21.1 Å². The molecule has 1 fully saturated rings. The predicted molar refractivity (Wildman–Crippen MR) is 144 cm³/mol. The van der Waals surface area contributed by atoms with Crippen LogP contribution in [0.3, 0.4) is 0 Å². The number of anilines is 1. The maximum Gasteiger partial charge on any atom is 0.245 e. The first-order valence-corrected chi connectivity index (χ1v) is 12.6. The Morgan fingerprint density at radius 3 is 2.58 bits per heavy atom. The van der Waals surface area contributed by atoms with Crippen LogP contribution in [-0.2, 0) is 16.2 Å². The Bertz CT molecular complexity index is 1250. The molecular formula is C27H25BrClN3O4. The number of ether oxygens (including phenoxy) is 2. The van der Waals surface area contributed by atoms with Gasteiger partial charge in [-0.25, -0.2) is 5.43 Å². The third-order valence-corrected chi connectivity index (χ3v) is 6.38. The third-order valence-electron chi connectivity index (χ3n) is 5.60. The Balaban J connectivity index is 1.35. The molecule has 0 spiro atoms. The average molecular weight is 571 g/mol. The van der Waals surface area contributed by atoms with Crippen LogP contribution in [0.5, 0.6) is 11.5 Å². The highest BCUT2D eigenvalue weighted by molar-refractivity contribution is 9.10. The summed E-state index contributed by atoms with van der Waals surface area (Å²) in [7, 11) is 0. The van der Waals surface area contributed by atoms with Crippen molar-refractivity contribution >= 4 is 51.2 Å². The quantitative estimate of drug-likeness (QED) is 0.269. The smallest absolute Gasteiger partial charge is 0.245 e. The Kier molecular flexibility index (Phi) is 8.61. The highest BCUT2D eigenvalue weighted by Crippen LogP contribution is 2.29. The highest BCUT2D eigenvalue weighted by atomic mass is 79.9. The van der Waals surface area contributed by atoms with E-state index in [1.165, 1.54) is 6.21 Å². The number of nitrogens with zero attached hydrogens (tertiary/aromatic N) is 2. The van der Waals surface area contributed by atoms with Crippen LogP contribution in [0.15, 0.2) is 76.3 Å². The molecule has 0 unspecified atom stereocenters. The Morgan fingerprint density at radius 2 is 1.86 bits per heavy atom. The molecule has 0 saturated carbocycles. The highest BCUT2D eigenvalue weighted by Gasteiger charge is 2.35. The van der Waals surface area contributed by atoms with E-state index in [0.29, 0.717) is 36.3 Å². The van der Waals surface area contributed by atoms with Gasteiger partial charge in [-0.15, -0.1) is 0 Å². The van der Waals surface area contributed by atoms with E-state index < -0.39 is 5.92 Å². The molecule has 0 bridgehead atoms.